The standard InChI is InChI=1S/C32H42F4N4O5/c1-7-8-23(37)26(41)39-25(18-20-11-15-22(16-12-20)32(35,36)29(44)45-30(2,3)4)28(43)40-24(27(42)38-6)17-19-9-13-21(14-10-19)31(5,33)34/h9-16,23-25H,7-8,17-18,37H2,1-6H3,(H,38,42)(H,39,41)(H,40,43)/t23-,24-,25-/m0/s1. The summed E-state index contributed by atoms with van der Waals surface area (Å²) in [7, 11) is 1.36. The van der Waals surface area contributed by atoms with Gasteiger partial charge in [0.1, 0.15) is 17.7 Å². The molecule has 0 radical (unpaired) electrons. The van der Waals surface area contributed by atoms with E-state index in [0.29, 0.717) is 24.0 Å². The molecule has 0 bridgehead atoms. The zero-order valence-corrected chi connectivity index (χ0v) is 26.3. The van der Waals surface area contributed by atoms with Gasteiger partial charge in [-0.3, -0.25) is 14.4 Å². The molecule has 0 unspecified atom stereocenters. The van der Waals surface area contributed by atoms with Crippen LogP contribution in [0, 0.1) is 0 Å². The van der Waals surface area contributed by atoms with Gasteiger partial charge in [0.2, 0.25) is 17.7 Å². The molecule has 9 nitrogen and oxygen atoms in total. The van der Waals surface area contributed by atoms with Crippen LogP contribution in [0.15, 0.2) is 48.5 Å². The summed E-state index contributed by atoms with van der Waals surface area (Å²) in [6, 6.07) is 6.58. The first-order valence-corrected chi connectivity index (χ1v) is 14.5. The molecular weight excluding hydrogens is 596 g/mol. The maximum Gasteiger partial charge on any atom is 0.382 e. The normalized spacial score (nSPS) is 14.1. The lowest BCUT2D eigenvalue weighted by Gasteiger charge is -2.25. The number of ether oxygens (including phenoxy) is 1. The van der Waals surface area contributed by atoms with E-state index in [9.17, 15) is 36.7 Å². The molecule has 2 aromatic rings. The molecular formula is C32H42F4N4O5. The van der Waals surface area contributed by atoms with Crippen molar-refractivity contribution in [2.24, 2.45) is 5.73 Å². The number of rotatable bonds is 14. The summed E-state index contributed by atoms with van der Waals surface area (Å²) in [5.41, 5.74) is 4.82. The molecule has 2 rings (SSSR count). The number of benzene rings is 2. The van der Waals surface area contributed by atoms with Crippen LogP contribution in [0.3, 0.4) is 0 Å². The quantitative estimate of drug-likeness (QED) is 0.183. The summed E-state index contributed by atoms with van der Waals surface area (Å²) >= 11 is 0. The van der Waals surface area contributed by atoms with Crippen molar-refractivity contribution in [3.63, 3.8) is 0 Å². The molecule has 45 heavy (non-hydrogen) atoms. The van der Waals surface area contributed by atoms with Gasteiger partial charge in [-0.25, -0.2) is 13.6 Å². The number of hydrogen-bond donors (Lipinski definition) is 4. The average molecular weight is 639 g/mol. The average Bonchev–Trinajstić information content (AvgIpc) is 2.95. The Morgan fingerprint density at radius 1 is 0.756 bits per heavy atom. The molecule has 13 heteroatoms. The van der Waals surface area contributed by atoms with Crippen molar-refractivity contribution >= 4 is 23.7 Å². The second-order valence-electron chi connectivity index (χ2n) is 11.9. The minimum Gasteiger partial charge on any atom is -0.455 e. The van der Waals surface area contributed by atoms with Crippen LogP contribution in [-0.2, 0) is 48.6 Å². The fourth-order valence-electron chi connectivity index (χ4n) is 4.30. The maximum absolute atomic E-state index is 14.8. The fourth-order valence-corrected chi connectivity index (χ4v) is 4.30. The predicted molar refractivity (Wildman–Crippen MR) is 160 cm³/mol. The molecule has 0 aromatic heterocycles. The second kappa shape index (κ2) is 15.3. The van der Waals surface area contributed by atoms with Crippen LogP contribution in [0.1, 0.15) is 69.7 Å². The smallest absolute Gasteiger partial charge is 0.382 e. The third-order valence-electron chi connectivity index (χ3n) is 6.76. The molecule has 3 amide bonds. The molecule has 0 saturated heterocycles. The molecule has 0 fully saturated rings. The highest BCUT2D eigenvalue weighted by Crippen LogP contribution is 2.31. The highest BCUT2D eigenvalue weighted by Gasteiger charge is 2.44. The van der Waals surface area contributed by atoms with Crippen LogP contribution >= 0.6 is 0 Å². The van der Waals surface area contributed by atoms with E-state index < -0.39 is 64.8 Å². The van der Waals surface area contributed by atoms with Crippen LogP contribution in [0.2, 0.25) is 0 Å². The Morgan fingerprint density at radius 2 is 1.20 bits per heavy atom. The van der Waals surface area contributed by atoms with Crippen LogP contribution in [0.5, 0.6) is 0 Å². The van der Waals surface area contributed by atoms with E-state index in [1.54, 1.807) is 0 Å². The van der Waals surface area contributed by atoms with E-state index in [-0.39, 0.29) is 18.4 Å². The molecule has 0 heterocycles. The number of halogens is 4. The first-order chi connectivity index (χ1) is 20.8. The Bertz CT molecular complexity index is 1320. The molecule has 0 aliphatic rings. The maximum atomic E-state index is 14.8. The highest BCUT2D eigenvalue weighted by molar-refractivity contribution is 5.93. The summed E-state index contributed by atoms with van der Waals surface area (Å²) in [5.74, 6) is -10.7. The second-order valence-corrected chi connectivity index (χ2v) is 11.9. The van der Waals surface area contributed by atoms with Crippen molar-refractivity contribution in [3.8, 4) is 0 Å². The fraction of sp³-hybridized carbons (Fsp3) is 0.500. The molecule has 0 aliphatic carbocycles. The van der Waals surface area contributed by atoms with E-state index in [4.69, 9.17) is 10.5 Å². The Hall–Kier alpha value is -4.00. The first kappa shape index (κ1) is 37.2. The monoisotopic (exact) mass is 638 g/mol. The van der Waals surface area contributed by atoms with Crippen LogP contribution < -0.4 is 21.7 Å². The molecule has 0 spiro atoms. The van der Waals surface area contributed by atoms with Crippen molar-refractivity contribution < 1.29 is 41.5 Å². The summed E-state index contributed by atoms with van der Waals surface area (Å²) in [4.78, 5) is 51.1. The van der Waals surface area contributed by atoms with Crippen molar-refractivity contribution in [1.82, 2.24) is 16.0 Å². The number of likely N-dealkylation sites (N-methyl/N-ethyl adjacent to an activating group) is 1. The van der Waals surface area contributed by atoms with E-state index in [2.05, 4.69) is 16.0 Å². The Labute approximate surface area is 260 Å². The lowest BCUT2D eigenvalue weighted by molar-refractivity contribution is -0.185. The van der Waals surface area contributed by atoms with Gasteiger partial charge in [0.25, 0.3) is 5.92 Å². The van der Waals surface area contributed by atoms with E-state index in [0.717, 1.165) is 19.1 Å². The Kier molecular flexibility index (Phi) is 12.7. The van der Waals surface area contributed by atoms with Crippen molar-refractivity contribution in [2.75, 3.05) is 7.05 Å². The number of esters is 1. The lowest BCUT2D eigenvalue weighted by atomic mass is 9.99. The topological polar surface area (TPSA) is 140 Å². The van der Waals surface area contributed by atoms with Gasteiger partial charge in [-0.05, 0) is 38.3 Å². The molecule has 3 atom stereocenters. The number of nitrogens with one attached hydrogen (secondary N) is 3. The molecule has 5 N–H and O–H groups in total. The third-order valence-corrected chi connectivity index (χ3v) is 6.76. The van der Waals surface area contributed by atoms with Gasteiger partial charge in [-0.15, -0.1) is 0 Å². The van der Waals surface area contributed by atoms with Gasteiger partial charge in [0.05, 0.1) is 6.04 Å². The molecule has 0 aliphatic heterocycles. The van der Waals surface area contributed by atoms with Gasteiger partial charge >= 0.3 is 11.9 Å². The minimum absolute atomic E-state index is 0.0502. The number of nitrogens with two attached hydrogens (primary N) is 1. The number of carbonyl (C=O) groups excluding carboxylic acids is 4. The SMILES string of the molecule is CCC[C@H](N)C(=O)N[C@@H](Cc1ccc(C(F)(F)C(=O)OC(C)(C)C)cc1)C(=O)N[C@@H](Cc1ccc(C(C)(F)F)cc1)C(=O)NC. The predicted octanol–water partition coefficient (Wildman–Crippen LogP) is 3.86. The van der Waals surface area contributed by atoms with Crippen molar-refractivity contribution in [3.05, 3.63) is 70.8 Å². The van der Waals surface area contributed by atoms with Gasteiger partial charge < -0.3 is 26.4 Å². The largest absolute Gasteiger partial charge is 0.455 e. The highest BCUT2D eigenvalue weighted by atomic mass is 19.3. The molecule has 0 saturated carbocycles. The number of alkyl halides is 4. The summed E-state index contributed by atoms with van der Waals surface area (Å²) in [6.45, 7) is 6.99. The first-order valence-electron chi connectivity index (χ1n) is 14.5. The zero-order chi connectivity index (χ0) is 34.2. The van der Waals surface area contributed by atoms with Gasteiger partial charge in [0.15, 0.2) is 0 Å². The van der Waals surface area contributed by atoms with Gasteiger partial charge in [0, 0.05) is 37.9 Å². The van der Waals surface area contributed by atoms with E-state index in [1.807, 2.05) is 6.92 Å². The van der Waals surface area contributed by atoms with Crippen molar-refractivity contribution in [2.45, 2.75) is 95.9 Å². The Morgan fingerprint density at radius 3 is 1.62 bits per heavy atom. The molecule has 2 aromatic carbocycles. The van der Waals surface area contributed by atoms with E-state index in [1.165, 1.54) is 64.2 Å². The minimum atomic E-state index is -3.93. The molecule has 248 valence electrons. The van der Waals surface area contributed by atoms with Crippen LogP contribution in [0.25, 0.3) is 0 Å². The summed E-state index contributed by atoms with van der Waals surface area (Å²) < 4.78 is 61.6. The van der Waals surface area contributed by atoms with Gasteiger partial charge in [-0.2, -0.15) is 8.78 Å². The number of hydrogen-bond acceptors (Lipinski definition) is 6. The lowest BCUT2D eigenvalue weighted by Crippen LogP contribution is -2.56. The summed E-state index contributed by atoms with van der Waals surface area (Å²) in [5, 5.41) is 7.61. The van der Waals surface area contributed by atoms with Crippen LogP contribution in [-0.4, -0.2) is 54.5 Å². The zero-order valence-electron chi connectivity index (χ0n) is 26.3. The third kappa shape index (κ3) is 11.1. The van der Waals surface area contributed by atoms with Gasteiger partial charge in [-0.1, -0.05) is 61.9 Å². The number of amides is 3. The van der Waals surface area contributed by atoms with E-state index >= 15 is 0 Å². The van der Waals surface area contributed by atoms with Crippen molar-refractivity contribution in [1.29, 1.82) is 0 Å². The summed E-state index contributed by atoms with van der Waals surface area (Å²) in [6.07, 6.45) is 0.712. The number of carbonyl (C=O) groups is 4. The van der Waals surface area contributed by atoms with Crippen LogP contribution in [0.4, 0.5) is 17.6 Å². The Balaban J connectivity index is 2.31.